The van der Waals surface area contributed by atoms with Crippen molar-refractivity contribution in [1.82, 2.24) is 4.90 Å². The Bertz CT molecular complexity index is 845. The Morgan fingerprint density at radius 1 is 1.15 bits per heavy atom. The lowest BCUT2D eigenvalue weighted by atomic mass is 10.1. The molecule has 0 atom stereocenters. The number of rotatable bonds is 4. The average molecular weight is 379 g/mol. The number of carbonyl (C=O) groups excluding carboxylic acids is 2. The van der Waals surface area contributed by atoms with E-state index < -0.39 is 27.4 Å². The summed E-state index contributed by atoms with van der Waals surface area (Å²) in [5.41, 5.74) is 1.33. The van der Waals surface area contributed by atoms with Crippen LogP contribution in [-0.2, 0) is 19.4 Å². The summed E-state index contributed by atoms with van der Waals surface area (Å²) in [5, 5.41) is 0. The summed E-state index contributed by atoms with van der Waals surface area (Å²) in [7, 11) is -3.50. The molecule has 0 radical (unpaired) electrons. The van der Waals surface area contributed by atoms with Gasteiger partial charge in [-0.15, -0.1) is 0 Å². The first kappa shape index (κ1) is 20.2. The van der Waals surface area contributed by atoms with Crippen molar-refractivity contribution < 1.29 is 22.7 Å². The number of nitrogens with zero attached hydrogens (tertiary/aromatic N) is 1. The molecule has 1 aliphatic heterocycles. The van der Waals surface area contributed by atoms with E-state index in [9.17, 15) is 18.0 Å². The summed E-state index contributed by atoms with van der Waals surface area (Å²) in [5.74, 6) is -0.660. The number of hydrogen-bond acceptors (Lipinski definition) is 5. The van der Waals surface area contributed by atoms with E-state index in [2.05, 4.69) is 0 Å². The Kier molecular flexibility index (Phi) is 5.61. The number of ether oxygens (including phenoxy) is 1. The number of amides is 2. The summed E-state index contributed by atoms with van der Waals surface area (Å²) >= 11 is 0. The molecule has 0 spiro atoms. The van der Waals surface area contributed by atoms with E-state index in [0.717, 1.165) is 10.5 Å². The van der Waals surface area contributed by atoms with E-state index in [1.54, 1.807) is 52.0 Å². The van der Waals surface area contributed by atoms with E-state index in [0.29, 0.717) is 11.1 Å². The molecule has 0 unspecified atom stereocenters. The summed E-state index contributed by atoms with van der Waals surface area (Å²) in [6.07, 6.45) is -0.640. The van der Waals surface area contributed by atoms with Gasteiger partial charge in [-0.2, -0.15) is 0 Å². The molecule has 0 N–H and O–H groups in total. The molecule has 0 saturated carbocycles. The number of aryl methyl sites for hydroxylation is 1. The Morgan fingerprint density at radius 2 is 1.73 bits per heavy atom. The second-order valence-electron chi connectivity index (χ2n) is 7.51. The van der Waals surface area contributed by atoms with Crippen molar-refractivity contribution in [3.63, 3.8) is 0 Å². The van der Waals surface area contributed by atoms with Crippen molar-refractivity contribution in [2.45, 2.75) is 51.5 Å². The molecule has 142 valence electrons. The SMILES string of the molecule is CC1=C(CCS(=O)(=O)c2ccc(C)cc2)C(=O)N(C(=O)OC(C)(C)C)C1. The van der Waals surface area contributed by atoms with Crippen LogP contribution in [0, 0.1) is 6.92 Å². The van der Waals surface area contributed by atoms with Crippen LogP contribution in [0.2, 0.25) is 0 Å². The fourth-order valence-corrected chi connectivity index (χ4v) is 3.89. The second kappa shape index (κ2) is 7.23. The first-order valence-electron chi connectivity index (χ1n) is 8.43. The molecular formula is C19H25NO5S. The van der Waals surface area contributed by atoms with Crippen molar-refractivity contribution in [3.8, 4) is 0 Å². The van der Waals surface area contributed by atoms with Crippen LogP contribution in [0.25, 0.3) is 0 Å². The lowest BCUT2D eigenvalue weighted by Gasteiger charge is -2.23. The molecule has 0 aromatic heterocycles. The molecule has 0 saturated heterocycles. The number of imide groups is 1. The number of carbonyl (C=O) groups is 2. The average Bonchev–Trinajstić information content (AvgIpc) is 2.79. The van der Waals surface area contributed by atoms with Gasteiger partial charge in [-0.05, 0) is 58.7 Å². The van der Waals surface area contributed by atoms with Crippen molar-refractivity contribution in [1.29, 1.82) is 0 Å². The highest BCUT2D eigenvalue weighted by Crippen LogP contribution is 2.25. The maximum absolute atomic E-state index is 12.5. The molecule has 1 heterocycles. The Morgan fingerprint density at radius 3 is 2.27 bits per heavy atom. The standard InChI is InChI=1S/C19H25NO5S/c1-13-6-8-15(9-7-13)26(23,24)11-10-16-14(2)12-20(17(16)21)18(22)25-19(3,4)5/h6-9H,10-12H2,1-5H3. The molecule has 2 amide bonds. The minimum absolute atomic E-state index is 0.0696. The molecular weight excluding hydrogens is 354 g/mol. The molecule has 0 aliphatic carbocycles. The smallest absolute Gasteiger partial charge is 0.417 e. The number of sulfone groups is 1. The van der Waals surface area contributed by atoms with Crippen molar-refractivity contribution in [2.75, 3.05) is 12.3 Å². The largest absolute Gasteiger partial charge is 0.443 e. The maximum Gasteiger partial charge on any atom is 0.417 e. The number of hydrogen-bond donors (Lipinski definition) is 0. The first-order valence-corrected chi connectivity index (χ1v) is 10.1. The monoisotopic (exact) mass is 379 g/mol. The predicted molar refractivity (Wildman–Crippen MR) is 98.5 cm³/mol. The van der Waals surface area contributed by atoms with E-state index in [1.807, 2.05) is 6.92 Å². The fraction of sp³-hybridized carbons (Fsp3) is 0.474. The quantitative estimate of drug-likeness (QED) is 0.802. The lowest BCUT2D eigenvalue weighted by Crippen LogP contribution is -2.38. The minimum atomic E-state index is -3.50. The predicted octanol–water partition coefficient (Wildman–Crippen LogP) is 3.25. The van der Waals surface area contributed by atoms with Gasteiger partial charge in [0.2, 0.25) is 0 Å². The normalized spacial score (nSPS) is 15.6. The van der Waals surface area contributed by atoms with Crippen LogP contribution >= 0.6 is 0 Å². The summed E-state index contributed by atoms with van der Waals surface area (Å²) in [4.78, 5) is 25.9. The van der Waals surface area contributed by atoms with Crippen molar-refractivity contribution >= 4 is 21.8 Å². The molecule has 2 rings (SSSR count). The van der Waals surface area contributed by atoms with E-state index in [1.165, 1.54) is 0 Å². The zero-order valence-corrected chi connectivity index (χ0v) is 16.6. The van der Waals surface area contributed by atoms with Gasteiger partial charge in [-0.25, -0.2) is 18.1 Å². The Hall–Kier alpha value is -2.15. The van der Waals surface area contributed by atoms with Crippen LogP contribution < -0.4 is 0 Å². The highest BCUT2D eigenvalue weighted by molar-refractivity contribution is 7.91. The van der Waals surface area contributed by atoms with Gasteiger partial charge in [0, 0.05) is 5.57 Å². The Balaban J connectivity index is 2.08. The van der Waals surface area contributed by atoms with Crippen molar-refractivity contribution in [2.24, 2.45) is 0 Å². The lowest BCUT2D eigenvalue weighted by molar-refractivity contribution is -0.124. The summed E-state index contributed by atoms with van der Waals surface area (Å²) in [6.45, 7) is 8.92. The van der Waals surface area contributed by atoms with Gasteiger partial charge in [-0.3, -0.25) is 4.79 Å². The minimum Gasteiger partial charge on any atom is -0.443 e. The first-order chi connectivity index (χ1) is 11.9. The van der Waals surface area contributed by atoms with Gasteiger partial charge in [-0.1, -0.05) is 17.7 Å². The van der Waals surface area contributed by atoms with Gasteiger partial charge in [0.05, 0.1) is 17.2 Å². The van der Waals surface area contributed by atoms with Gasteiger partial charge in [0.15, 0.2) is 9.84 Å². The molecule has 0 bridgehead atoms. The molecule has 1 aromatic rings. The molecule has 1 aliphatic rings. The molecule has 26 heavy (non-hydrogen) atoms. The van der Waals surface area contributed by atoms with Gasteiger partial charge >= 0.3 is 6.09 Å². The van der Waals surface area contributed by atoms with Gasteiger partial charge < -0.3 is 4.74 Å². The zero-order chi connectivity index (χ0) is 19.7. The van der Waals surface area contributed by atoms with Crippen LogP contribution in [0.3, 0.4) is 0 Å². The highest BCUT2D eigenvalue weighted by Gasteiger charge is 2.35. The van der Waals surface area contributed by atoms with E-state index in [4.69, 9.17) is 4.74 Å². The topological polar surface area (TPSA) is 80.8 Å². The Labute approximate surface area is 154 Å². The highest BCUT2D eigenvalue weighted by atomic mass is 32.2. The van der Waals surface area contributed by atoms with Crippen LogP contribution in [0.4, 0.5) is 4.79 Å². The van der Waals surface area contributed by atoms with Crippen molar-refractivity contribution in [3.05, 3.63) is 41.0 Å². The third-order valence-corrected chi connectivity index (χ3v) is 5.76. The van der Waals surface area contributed by atoms with Crippen LogP contribution in [0.1, 0.15) is 39.7 Å². The summed E-state index contributed by atoms with van der Waals surface area (Å²) in [6, 6.07) is 6.61. The van der Waals surface area contributed by atoms with E-state index >= 15 is 0 Å². The zero-order valence-electron chi connectivity index (χ0n) is 15.8. The van der Waals surface area contributed by atoms with Gasteiger partial charge in [0.1, 0.15) is 5.60 Å². The maximum atomic E-state index is 12.5. The molecule has 6 nitrogen and oxygen atoms in total. The van der Waals surface area contributed by atoms with Gasteiger partial charge in [0.25, 0.3) is 5.91 Å². The number of benzene rings is 1. The molecule has 7 heteroatoms. The van der Waals surface area contributed by atoms with Crippen LogP contribution in [0.15, 0.2) is 40.3 Å². The van der Waals surface area contributed by atoms with Crippen LogP contribution in [-0.4, -0.2) is 43.2 Å². The molecule has 0 fully saturated rings. The van der Waals surface area contributed by atoms with E-state index in [-0.39, 0.29) is 23.6 Å². The van der Waals surface area contributed by atoms with Crippen LogP contribution in [0.5, 0.6) is 0 Å². The third kappa shape index (κ3) is 4.72. The summed E-state index contributed by atoms with van der Waals surface area (Å²) < 4.78 is 30.2. The molecule has 1 aromatic carbocycles. The second-order valence-corrected chi connectivity index (χ2v) is 9.62. The third-order valence-electron chi connectivity index (χ3n) is 4.03. The fourth-order valence-electron chi connectivity index (χ4n) is 2.63.